The Morgan fingerprint density at radius 1 is 0.892 bits per heavy atom. The van der Waals surface area contributed by atoms with E-state index in [1.165, 1.54) is 0 Å². The summed E-state index contributed by atoms with van der Waals surface area (Å²) in [4.78, 5) is 38.2. The topological polar surface area (TPSA) is 94.4 Å². The number of rotatable bonds is 6. The first-order valence-corrected chi connectivity index (χ1v) is 12.3. The number of carbonyl (C=O) groups is 3. The number of amides is 3. The summed E-state index contributed by atoms with van der Waals surface area (Å²) in [5.41, 5.74) is 3.59. The molecule has 0 atom stereocenters. The molecule has 8 nitrogen and oxygen atoms in total. The van der Waals surface area contributed by atoms with E-state index in [0.29, 0.717) is 36.2 Å². The van der Waals surface area contributed by atoms with Crippen molar-refractivity contribution < 1.29 is 19.1 Å². The molecular formula is C29H30N4O4. The number of imide groups is 1. The molecule has 3 heterocycles. The van der Waals surface area contributed by atoms with Gasteiger partial charge in [-0.2, -0.15) is 0 Å². The van der Waals surface area contributed by atoms with Crippen molar-refractivity contribution in [3.63, 3.8) is 0 Å². The maximum atomic E-state index is 13.1. The van der Waals surface area contributed by atoms with Crippen molar-refractivity contribution in [2.24, 2.45) is 7.05 Å². The maximum absolute atomic E-state index is 13.1. The molecule has 2 N–H and O–H groups in total. The third-order valence-corrected chi connectivity index (χ3v) is 6.40. The van der Waals surface area contributed by atoms with E-state index < -0.39 is 23.5 Å². The highest BCUT2D eigenvalue weighted by Crippen LogP contribution is 2.38. The number of carbonyl (C=O) groups excluding carboxylic acids is 3. The Hall–Kier alpha value is -4.33. The minimum atomic E-state index is -0.551. The van der Waals surface area contributed by atoms with Crippen molar-refractivity contribution in [1.29, 1.82) is 0 Å². The lowest BCUT2D eigenvalue weighted by Crippen LogP contribution is -2.33. The zero-order chi connectivity index (χ0) is 26.3. The van der Waals surface area contributed by atoms with E-state index in [4.69, 9.17) is 4.74 Å². The third kappa shape index (κ3) is 4.62. The van der Waals surface area contributed by atoms with Gasteiger partial charge in [-0.25, -0.2) is 4.79 Å². The number of nitrogens with zero attached hydrogens (tertiary/aromatic N) is 2. The minimum Gasteiger partial charge on any atom is -0.444 e. The Kier molecular flexibility index (Phi) is 6.11. The smallest absolute Gasteiger partial charge is 0.407 e. The molecule has 3 amide bonds. The normalized spacial score (nSPS) is 14.1. The van der Waals surface area contributed by atoms with E-state index in [2.05, 4.69) is 15.2 Å². The van der Waals surface area contributed by atoms with Gasteiger partial charge in [0.2, 0.25) is 0 Å². The van der Waals surface area contributed by atoms with Crippen LogP contribution in [0.1, 0.15) is 38.3 Å². The molecule has 0 aliphatic carbocycles. The van der Waals surface area contributed by atoms with E-state index in [0.717, 1.165) is 27.4 Å². The van der Waals surface area contributed by atoms with Crippen LogP contribution in [0.3, 0.4) is 0 Å². The van der Waals surface area contributed by atoms with E-state index in [1.54, 1.807) is 0 Å². The molecule has 0 radical (unpaired) electrons. The van der Waals surface area contributed by atoms with E-state index in [1.807, 2.05) is 93.3 Å². The van der Waals surface area contributed by atoms with Gasteiger partial charge in [-0.05, 0) is 39.3 Å². The van der Waals surface area contributed by atoms with Crippen LogP contribution in [0, 0.1) is 0 Å². The lowest BCUT2D eigenvalue weighted by atomic mass is 9.95. The van der Waals surface area contributed by atoms with E-state index in [9.17, 15) is 14.4 Å². The summed E-state index contributed by atoms with van der Waals surface area (Å²) in [5.74, 6) is -0.794. The summed E-state index contributed by atoms with van der Waals surface area (Å²) in [6.07, 6.45) is 4.05. The van der Waals surface area contributed by atoms with Gasteiger partial charge in [0.25, 0.3) is 11.8 Å². The monoisotopic (exact) mass is 498 g/mol. The van der Waals surface area contributed by atoms with Gasteiger partial charge in [-0.3, -0.25) is 14.9 Å². The molecule has 0 spiro atoms. The number of para-hydroxylation sites is 2. The number of hydrogen-bond acceptors (Lipinski definition) is 4. The van der Waals surface area contributed by atoms with Crippen LogP contribution in [0.4, 0.5) is 4.79 Å². The van der Waals surface area contributed by atoms with E-state index in [-0.39, 0.29) is 0 Å². The van der Waals surface area contributed by atoms with Crippen LogP contribution in [-0.4, -0.2) is 39.2 Å². The first kappa shape index (κ1) is 24.4. The van der Waals surface area contributed by atoms with E-state index >= 15 is 0 Å². The minimum absolute atomic E-state index is 0.378. The third-order valence-electron chi connectivity index (χ3n) is 6.40. The van der Waals surface area contributed by atoms with Gasteiger partial charge >= 0.3 is 6.09 Å². The van der Waals surface area contributed by atoms with Gasteiger partial charge in [0.15, 0.2) is 0 Å². The second-order valence-corrected chi connectivity index (χ2v) is 10.2. The highest BCUT2D eigenvalue weighted by molar-refractivity contribution is 6.50. The summed E-state index contributed by atoms with van der Waals surface area (Å²) in [7, 11) is 1.93. The van der Waals surface area contributed by atoms with Crippen LogP contribution >= 0.6 is 0 Å². The number of aromatic nitrogens is 2. The Labute approximate surface area is 214 Å². The molecule has 1 aliphatic heterocycles. The molecule has 0 saturated heterocycles. The fraction of sp³-hybridized carbons (Fsp3) is 0.276. The standard InChI is InChI=1S/C29H30N4O4/c1-29(2,3)37-28(36)30-14-9-15-33-17-21(19-11-6-8-13-23(19)33)25-24(26(34)31-27(25)35)20-16-32(4)22-12-7-5-10-18(20)22/h5-8,10-13,16-17H,9,14-15H2,1-4H3,(H,30,36)(H,31,34,35). The van der Waals surface area contributed by atoms with Gasteiger partial charge in [0.1, 0.15) is 5.60 Å². The van der Waals surface area contributed by atoms with Gasteiger partial charge in [-0.1, -0.05) is 36.4 Å². The quantitative estimate of drug-likeness (QED) is 0.300. The van der Waals surface area contributed by atoms with Crippen LogP contribution in [0.2, 0.25) is 0 Å². The molecule has 0 fully saturated rings. The highest BCUT2D eigenvalue weighted by atomic mass is 16.6. The summed E-state index contributed by atoms with van der Waals surface area (Å²) in [5, 5.41) is 7.10. The Morgan fingerprint density at radius 3 is 2.11 bits per heavy atom. The SMILES string of the molecule is Cn1cc(C2=C(c3cn(CCCNC(=O)OC(C)(C)C)c4ccccc34)C(=O)NC2=O)c2ccccc21. The molecule has 1 aliphatic rings. The largest absolute Gasteiger partial charge is 0.444 e. The van der Waals surface area contributed by atoms with Crippen molar-refractivity contribution in [2.45, 2.75) is 39.3 Å². The van der Waals surface area contributed by atoms with Crippen LogP contribution in [0.15, 0.2) is 60.9 Å². The fourth-order valence-electron chi connectivity index (χ4n) is 4.90. The van der Waals surface area contributed by atoms with Crippen molar-refractivity contribution in [3.05, 3.63) is 72.1 Å². The summed E-state index contributed by atoms with van der Waals surface area (Å²) >= 11 is 0. The van der Waals surface area contributed by atoms with Gasteiger partial charge in [0.05, 0.1) is 11.1 Å². The van der Waals surface area contributed by atoms with Gasteiger partial charge in [-0.15, -0.1) is 0 Å². The molecule has 0 bridgehead atoms. The Morgan fingerprint density at radius 2 is 1.46 bits per heavy atom. The average molecular weight is 499 g/mol. The highest BCUT2D eigenvalue weighted by Gasteiger charge is 2.35. The number of nitrogens with one attached hydrogen (secondary N) is 2. The van der Waals surface area contributed by atoms with Gasteiger partial charge in [0, 0.05) is 65.5 Å². The number of ether oxygens (including phenoxy) is 1. The van der Waals surface area contributed by atoms with Crippen molar-refractivity contribution in [1.82, 2.24) is 19.8 Å². The van der Waals surface area contributed by atoms with Crippen LogP contribution in [0.25, 0.3) is 33.0 Å². The zero-order valence-corrected chi connectivity index (χ0v) is 21.4. The second-order valence-electron chi connectivity index (χ2n) is 10.2. The molecule has 0 saturated carbocycles. The number of hydrogen-bond donors (Lipinski definition) is 2. The molecule has 37 heavy (non-hydrogen) atoms. The molecule has 5 rings (SSSR count). The lowest BCUT2D eigenvalue weighted by molar-refractivity contribution is -0.122. The van der Waals surface area contributed by atoms with Crippen molar-refractivity contribution >= 4 is 50.9 Å². The maximum Gasteiger partial charge on any atom is 0.407 e. The molecule has 2 aromatic carbocycles. The molecule has 0 unspecified atom stereocenters. The fourth-order valence-corrected chi connectivity index (χ4v) is 4.90. The molecule has 4 aromatic rings. The summed E-state index contributed by atoms with van der Waals surface area (Å²) in [6, 6.07) is 15.7. The van der Waals surface area contributed by atoms with Crippen molar-refractivity contribution in [2.75, 3.05) is 6.54 Å². The second kappa shape index (κ2) is 9.28. The summed E-state index contributed by atoms with van der Waals surface area (Å²) < 4.78 is 9.32. The first-order chi connectivity index (χ1) is 17.6. The summed E-state index contributed by atoms with van der Waals surface area (Å²) in [6.45, 7) is 6.53. The first-order valence-electron chi connectivity index (χ1n) is 12.3. The number of aryl methyl sites for hydroxylation is 2. The van der Waals surface area contributed by atoms with Crippen LogP contribution in [0.5, 0.6) is 0 Å². The molecule has 190 valence electrons. The predicted molar refractivity (Wildman–Crippen MR) is 144 cm³/mol. The van der Waals surface area contributed by atoms with Gasteiger partial charge < -0.3 is 19.2 Å². The van der Waals surface area contributed by atoms with Crippen LogP contribution in [-0.2, 0) is 27.9 Å². The number of alkyl carbamates (subject to hydrolysis) is 1. The Bertz CT molecular complexity index is 1580. The molecule has 2 aromatic heterocycles. The predicted octanol–water partition coefficient (Wildman–Crippen LogP) is 4.62. The lowest BCUT2D eigenvalue weighted by Gasteiger charge is -2.19. The zero-order valence-electron chi connectivity index (χ0n) is 21.4. The Balaban J connectivity index is 1.51. The number of fused-ring (bicyclic) bond motifs is 2. The average Bonchev–Trinajstić information content (AvgIpc) is 3.46. The molecule has 8 heteroatoms. The molecular weight excluding hydrogens is 468 g/mol. The van der Waals surface area contributed by atoms with Crippen molar-refractivity contribution in [3.8, 4) is 0 Å². The van der Waals surface area contributed by atoms with Crippen LogP contribution < -0.4 is 10.6 Å². The number of benzene rings is 2.